The Balaban J connectivity index is 0.977. The van der Waals surface area contributed by atoms with E-state index >= 15 is 0 Å². The van der Waals surface area contributed by atoms with E-state index in [4.69, 9.17) is 16.6 Å². The number of pyridine rings is 1. The maximum atomic E-state index is 9.15. The zero-order valence-electron chi connectivity index (χ0n) is 41.2. The number of benzene rings is 8. The summed E-state index contributed by atoms with van der Waals surface area (Å²) < 4.78 is 55.7. The first-order chi connectivity index (χ1) is 34.4. The Morgan fingerprint density at radius 2 is 1.27 bits per heavy atom. The van der Waals surface area contributed by atoms with E-state index in [0.29, 0.717) is 34.4 Å². The van der Waals surface area contributed by atoms with Gasteiger partial charge in [0.25, 0.3) is 0 Å². The Kier molecular flexibility index (Phi) is 8.40. The van der Waals surface area contributed by atoms with Crippen LogP contribution in [0.4, 0.5) is 22.9 Å². The number of aromatic nitrogens is 3. The van der Waals surface area contributed by atoms with Crippen LogP contribution in [0.15, 0.2) is 200 Å². The SMILES string of the molecule is [2H]c1c([2H])c([2H])c(-c2cccc(-c3ccc(C(C)(C)C)cc3)c2-n2[c](=[Pt])n(-c3[c-]c(Oc4cccc(N5B6c7ccccc7-c7ccccc7N6c6ccc[c-]c65)n4)ccc3)c3ccccc32)c([2H])c1[2H]. The minimum absolute atomic E-state index is 0.0714. The molecule has 8 heteroatoms. The maximum absolute atomic E-state index is 9.15. The number of nitrogens with zero attached hydrogens (tertiary/aromatic N) is 5. The van der Waals surface area contributed by atoms with Gasteiger partial charge in [-0.15, -0.1) is 6.07 Å². The number of ether oxygens (including phenoxy) is 1. The fraction of sp³-hybridized carbons (Fsp3) is 0.0690. The van der Waals surface area contributed by atoms with Gasteiger partial charge in [0.15, 0.2) is 0 Å². The summed E-state index contributed by atoms with van der Waals surface area (Å²) in [5.41, 5.74) is 13.1. The molecule has 12 rings (SSSR count). The molecule has 320 valence electrons. The number of rotatable bonds is 7. The van der Waals surface area contributed by atoms with Crippen LogP contribution in [-0.2, 0) is 24.8 Å². The van der Waals surface area contributed by atoms with Crippen molar-refractivity contribution in [3.8, 4) is 56.4 Å². The molecule has 0 saturated heterocycles. The molecule has 66 heavy (non-hydrogen) atoms. The average molecular weight is 1040 g/mol. The van der Waals surface area contributed by atoms with Gasteiger partial charge >= 0.3 is 322 Å². The summed E-state index contributed by atoms with van der Waals surface area (Å²) in [6, 6.07) is 62.4. The number of fused-ring (bicyclic) bond motifs is 9. The van der Waals surface area contributed by atoms with Crippen molar-refractivity contribution < 1.29 is 30.9 Å². The van der Waals surface area contributed by atoms with Crippen molar-refractivity contribution in [3.63, 3.8) is 0 Å². The molecule has 2 aromatic heterocycles. The molecule has 6 nitrogen and oxygen atoms in total. The summed E-state index contributed by atoms with van der Waals surface area (Å²) in [4.78, 5) is 9.78. The summed E-state index contributed by atoms with van der Waals surface area (Å²) in [5, 5.41) is 0. The number of hydrogen-bond donors (Lipinski definition) is 0. The predicted molar refractivity (Wildman–Crippen MR) is 265 cm³/mol. The number of hydrogen-bond acceptors (Lipinski definition) is 4. The molecular formula is C58H42BN5OPt-2. The predicted octanol–water partition coefficient (Wildman–Crippen LogP) is 13.6. The molecule has 2 aliphatic rings. The Morgan fingerprint density at radius 3 is 2.08 bits per heavy atom. The second-order valence-corrected chi connectivity index (χ2v) is 18.4. The molecule has 10 aromatic rings. The van der Waals surface area contributed by atoms with Crippen LogP contribution in [0.25, 0.3) is 55.8 Å². The Hall–Kier alpha value is -7.47. The van der Waals surface area contributed by atoms with Crippen LogP contribution in [0.3, 0.4) is 0 Å². The Bertz CT molecular complexity index is 3840. The van der Waals surface area contributed by atoms with E-state index in [-0.39, 0.29) is 30.0 Å². The normalized spacial score (nSPS) is 13.8. The third-order valence-electron chi connectivity index (χ3n) is 12.5. The number of para-hydroxylation sites is 5. The molecule has 0 bridgehead atoms. The van der Waals surface area contributed by atoms with Crippen LogP contribution in [0.2, 0.25) is 0 Å². The van der Waals surface area contributed by atoms with Crippen LogP contribution < -0.4 is 19.8 Å². The monoisotopic (exact) mass is 1040 g/mol. The van der Waals surface area contributed by atoms with E-state index in [9.17, 15) is 0 Å². The first-order valence-electron chi connectivity index (χ1n) is 24.3. The van der Waals surface area contributed by atoms with Gasteiger partial charge in [-0.3, -0.25) is 0 Å². The fourth-order valence-corrected chi connectivity index (χ4v) is 10.6. The zero-order chi connectivity index (χ0) is 48.9. The van der Waals surface area contributed by atoms with Crippen LogP contribution in [-0.4, -0.2) is 21.1 Å². The third kappa shape index (κ3) is 6.60. The molecule has 0 amide bonds. The van der Waals surface area contributed by atoms with Crippen molar-refractivity contribution >= 4 is 46.4 Å². The van der Waals surface area contributed by atoms with Gasteiger partial charge in [0.2, 0.25) is 0 Å². The van der Waals surface area contributed by atoms with Gasteiger partial charge < -0.3 is 0 Å². The van der Waals surface area contributed by atoms with Gasteiger partial charge in [-0.05, 0) is 11.6 Å². The quantitative estimate of drug-likeness (QED) is 0.118. The summed E-state index contributed by atoms with van der Waals surface area (Å²) in [7, 11) is 0. The van der Waals surface area contributed by atoms with Crippen LogP contribution in [0.1, 0.15) is 33.2 Å². The molecule has 0 aliphatic carbocycles. The average Bonchev–Trinajstić information content (AvgIpc) is 3.90. The van der Waals surface area contributed by atoms with Crippen molar-refractivity contribution in [2.45, 2.75) is 26.2 Å². The second kappa shape index (κ2) is 15.9. The minimum atomic E-state index is -0.439. The van der Waals surface area contributed by atoms with Crippen molar-refractivity contribution in [2.24, 2.45) is 0 Å². The molecular weight excluding hydrogens is 989 g/mol. The Morgan fingerprint density at radius 1 is 0.606 bits per heavy atom. The third-order valence-corrected chi connectivity index (χ3v) is 13.5. The molecule has 0 radical (unpaired) electrons. The van der Waals surface area contributed by atoms with Crippen LogP contribution in [0, 0.1) is 15.9 Å². The van der Waals surface area contributed by atoms with Crippen LogP contribution >= 0.6 is 0 Å². The van der Waals surface area contributed by atoms with Crippen molar-refractivity contribution in [2.75, 3.05) is 9.62 Å². The van der Waals surface area contributed by atoms with E-state index in [1.54, 1.807) is 0 Å². The van der Waals surface area contributed by atoms with E-state index in [1.165, 1.54) is 16.7 Å². The molecule has 4 heterocycles. The van der Waals surface area contributed by atoms with Crippen LogP contribution in [0.5, 0.6) is 11.6 Å². The van der Waals surface area contributed by atoms with Crippen molar-refractivity contribution in [3.05, 3.63) is 222 Å². The number of anilines is 4. The molecule has 0 saturated carbocycles. The first-order valence-corrected chi connectivity index (χ1v) is 23.0. The van der Waals surface area contributed by atoms with Crippen molar-refractivity contribution in [1.82, 2.24) is 14.1 Å². The van der Waals surface area contributed by atoms with E-state index in [1.807, 2.05) is 91.0 Å². The van der Waals surface area contributed by atoms with Gasteiger partial charge in [-0.2, -0.15) is 12.1 Å². The first kappa shape index (κ1) is 34.9. The number of imidazole rings is 1. The van der Waals surface area contributed by atoms with E-state index < -0.39 is 18.1 Å². The van der Waals surface area contributed by atoms with Gasteiger partial charge in [-0.1, -0.05) is 42.5 Å². The molecule has 2 aliphatic heterocycles. The zero-order valence-corrected chi connectivity index (χ0v) is 38.5. The summed E-state index contributed by atoms with van der Waals surface area (Å²) >= 11 is 2.32. The van der Waals surface area contributed by atoms with E-state index in [2.05, 4.69) is 150 Å². The summed E-state index contributed by atoms with van der Waals surface area (Å²) in [5.74, 6) is 1.56. The Labute approximate surface area is 403 Å². The van der Waals surface area contributed by atoms with Gasteiger partial charge in [0.1, 0.15) is 0 Å². The molecule has 0 spiro atoms. The van der Waals surface area contributed by atoms with Gasteiger partial charge in [-0.25, -0.2) is 0 Å². The summed E-state index contributed by atoms with van der Waals surface area (Å²) in [6.45, 7) is 6.33. The van der Waals surface area contributed by atoms with Gasteiger partial charge in [0.05, 0.1) is 0 Å². The van der Waals surface area contributed by atoms with Gasteiger partial charge in [0, 0.05) is 11.3 Å². The molecule has 0 N–H and O–H groups in total. The molecule has 0 fully saturated rings. The van der Waals surface area contributed by atoms with E-state index in [0.717, 1.165) is 48.5 Å². The topological polar surface area (TPSA) is 38.5 Å². The molecule has 0 atom stereocenters. The van der Waals surface area contributed by atoms with Crippen molar-refractivity contribution in [1.29, 1.82) is 0 Å². The standard InChI is InChI=1S/C58H42BN5O.Pt/c1-58(2,3)42-36-34-41(35-37-42)46-25-16-24-45(40-18-5-4-6-19-40)57(46)62-39-61(51-28-11-12-29-52(51)62)43-20-15-21-44(38-43)65-56-33-17-32-55(60-56)64-54-31-14-13-30-53(54)63-50-27-10-8-23-48(50)47-22-7-9-26-49(47)59(63)64;/h4-30,32-37H,1-3H3;/q-2;/i4D,5D,6D,18D,19D;. The fourth-order valence-electron chi connectivity index (χ4n) is 9.48. The molecule has 0 unspecified atom stereocenters. The summed E-state index contributed by atoms with van der Waals surface area (Å²) in [6.07, 6.45) is 0. The second-order valence-electron chi connectivity index (χ2n) is 17.4. The molecule has 8 aromatic carbocycles.